The van der Waals surface area contributed by atoms with Crippen molar-refractivity contribution in [3.63, 3.8) is 0 Å². The van der Waals surface area contributed by atoms with E-state index < -0.39 is 0 Å². The Morgan fingerprint density at radius 1 is 1.27 bits per heavy atom. The van der Waals surface area contributed by atoms with Gasteiger partial charge in [-0.15, -0.1) is 0 Å². The molecule has 2 aliphatic rings. The molecule has 1 heterocycles. The molecule has 0 fully saturated rings. The van der Waals surface area contributed by atoms with Crippen LogP contribution in [0.1, 0.15) is 53.4 Å². The minimum atomic E-state index is 0.802. The fraction of sp³-hybridized carbons (Fsp3) is 0.857. The number of rotatable bonds is 0. The third-order valence-corrected chi connectivity index (χ3v) is 3.35. The van der Waals surface area contributed by atoms with Crippen molar-refractivity contribution < 1.29 is 0 Å². The van der Waals surface area contributed by atoms with Crippen LogP contribution in [0.2, 0.25) is 0 Å². The molecule has 1 heteroatoms. The Hall–Kier alpha value is -0.300. The van der Waals surface area contributed by atoms with Gasteiger partial charge in [-0.05, 0) is 31.1 Å². The van der Waals surface area contributed by atoms with Crippen LogP contribution < -0.4 is 5.32 Å². The van der Waals surface area contributed by atoms with Crippen molar-refractivity contribution in [2.75, 3.05) is 13.1 Å². The fourth-order valence-corrected chi connectivity index (χ4v) is 2.52. The first-order valence-corrected chi connectivity index (χ1v) is 6.60. The molecule has 0 aromatic carbocycles. The van der Waals surface area contributed by atoms with Gasteiger partial charge in [-0.3, -0.25) is 0 Å². The summed E-state index contributed by atoms with van der Waals surface area (Å²) in [6.45, 7) is 11.4. The van der Waals surface area contributed by atoms with Gasteiger partial charge in [0.1, 0.15) is 0 Å². The maximum absolute atomic E-state index is 3.49. The highest BCUT2D eigenvalue weighted by molar-refractivity contribution is 5.24. The molecule has 1 N–H and O–H groups in total. The van der Waals surface area contributed by atoms with Crippen molar-refractivity contribution in [3.05, 3.63) is 11.1 Å². The molecule has 0 saturated heterocycles. The van der Waals surface area contributed by atoms with Gasteiger partial charge in [0.2, 0.25) is 0 Å². The Kier molecular flexibility index (Phi) is 5.38. The van der Waals surface area contributed by atoms with Crippen molar-refractivity contribution in [1.29, 1.82) is 0 Å². The summed E-state index contributed by atoms with van der Waals surface area (Å²) in [6, 6.07) is 0. The molecule has 1 aliphatic heterocycles. The standard InChI is InChI=1S/C11H19N.C3H8/c1-8-3-4-10-7-12-6-9(2)11(10)5-8;1-3-2/h8-9,12H,3-7H2,1-2H3;3H2,1-2H3/t8?,9-;/m0./s1. The van der Waals surface area contributed by atoms with Crippen molar-refractivity contribution >= 4 is 0 Å². The summed E-state index contributed by atoms with van der Waals surface area (Å²) in [4.78, 5) is 0. The molecule has 1 unspecified atom stereocenters. The van der Waals surface area contributed by atoms with E-state index in [1.54, 1.807) is 11.1 Å². The third-order valence-electron chi connectivity index (χ3n) is 3.35. The molecule has 1 aliphatic carbocycles. The van der Waals surface area contributed by atoms with Gasteiger partial charge in [0.05, 0.1) is 0 Å². The van der Waals surface area contributed by atoms with Crippen LogP contribution in [0.4, 0.5) is 0 Å². The highest BCUT2D eigenvalue weighted by Gasteiger charge is 2.24. The largest absolute Gasteiger partial charge is 0.312 e. The molecule has 1 nitrogen and oxygen atoms in total. The van der Waals surface area contributed by atoms with Crippen LogP contribution in [0.5, 0.6) is 0 Å². The molecule has 0 amide bonds. The zero-order chi connectivity index (χ0) is 11.3. The molecule has 0 saturated carbocycles. The molecule has 0 bridgehead atoms. The Balaban J connectivity index is 0.000000337. The predicted octanol–water partition coefficient (Wildman–Crippen LogP) is 3.76. The van der Waals surface area contributed by atoms with E-state index in [4.69, 9.17) is 0 Å². The van der Waals surface area contributed by atoms with Crippen LogP contribution in [-0.2, 0) is 0 Å². The van der Waals surface area contributed by atoms with Crippen LogP contribution in [0.3, 0.4) is 0 Å². The highest BCUT2D eigenvalue weighted by Crippen LogP contribution is 2.34. The van der Waals surface area contributed by atoms with Crippen molar-refractivity contribution in [2.45, 2.75) is 53.4 Å². The average molecular weight is 209 g/mol. The zero-order valence-corrected chi connectivity index (χ0v) is 10.9. The molecule has 15 heavy (non-hydrogen) atoms. The van der Waals surface area contributed by atoms with Crippen LogP contribution in [-0.4, -0.2) is 13.1 Å². The van der Waals surface area contributed by atoms with Crippen LogP contribution in [0.15, 0.2) is 11.1 Å². The summed E-state index contributed by atoms with van der Waals surface area (Å²) in [6.07, 6.45) is 5.39. The van der Waals surface area contributed by atoms with Gasteiger partial charge in [-0.2, -0.15) is 0 Å². The maximum atomic E-state index is 3.49. The third kappa shape index (κ3) is 3.64. The minimum absolute atomic E-state index is 0.802. The highest BCUT2D eigenvalue weighted by atomic mass is 14.9. The Labute approximate surface area is 95.3 Å². The molecule has 2 rings (SSSR count). The Morgan fingerprint density at radius 2 is 1.93 bits per heavy atom. The monoisotopic (exact) mass is 209 g/mol. The maximum Gasteiger partial charge on any atom is 0.0167 e. The lowest BCUT2D eigenvalue weighted by Gasteiger charge is -2.33. The lowest BCUT2D eigenvalue weighted by Crippen LogP contribution is -2.33. The Morgan fingerprint density at radius 3 is 2.60 bits per heavy atom. The summed E-state index contributed by atoms with van der Waals surface area (Å²) >= 11 is 0. The quantitative estimate of drug-likeness (QED) is 0.599. The van der Waals surface area contributed by atoms with Crippen LogP contribution >= 0.6 is 0 Å². The van der Waals surface area contributed by atoms with E-state index in [9.17, 15) is 0 Å². The number of hydrogen-bond acceptors (Lipinski definition) is 1. The van der Waals surface area contributed by atoms with E-state index in [0.717, 1.165) is 11.8 Å². The molecule has 0 radical (unpaired) electrons. The van der Waals surface area contributed by atoms with E-state index in [-0.39, 0.29) is 0 Å². The fourth-order valence-electron chi connectivity index (χ4n) is 2.52. The minimum Gasteiger partial charge on any atom is -0.312 e. The Bertz CT molecular complexity index is 217. The van der Waals surface area contributed by atoms with E-state index >= 15 is 0 Å². The summed E-state index contributed by atoms with van der Waals surface area (Å²) in [7, 11) is 0. The normalized spacial score (nSPS) is 30.4. The molecular weight excluding hydrogens is 182 g/mol. The van der Waals surface area contributed by atoms with Crippen LogP contribution in [0, 0.1) is 11.8 Å². The van der Waals surface area contributed by atoms with E-state index in [1.165, 1.54) is 38.8 Å². The second-order valence-electron chi connectivity index (χ2n) is 5.22. The van der Waals surface area contributed by atoms with Gasteiger partial charge in [-0.25, -0.2) is 0 Å². The summed E-state index contributed by atoms with van der Waals surface area (Å²) < 4.78 is 0. The molecule has 0 aromatic heterocycles. The second kappa shape index (κ2) is 6.32. The summed E-state index contributed by atoms with van der Waals surface area (Å²) in [5.74, 6) is 1.74. The SMILES string of the molecule is CC1CCC2=C(C1)[C@@H](C)CNC2.CCC. The summed E-state index contributed by atoms with van der Waals surface area (Å²) in [5.41, 5.74) is 3.51. The van der Waals surface area contributed by atoms with Gasteiger partial charge in [0.15, 0.2) is 0 Å². The molecule has 88 valence electrons. The van der Waals surface area contributed by atoms with Gasteiger partial charge in [0, 0.05) is 13.1 Å². The topological polar surface area (TPSA) is 12.0 Å². The lowest BCUT2D eigenvalue weighted by molar-refractivity contribution is 0.417. The lowest BCUT2D eigenvalue weighted by atomic mass is 9.78. The average Bonchev–Trinajstić information content (AvgIpc) is 2.21. The molecule has 0 aromatic rings. The van der Waals surface area contributed by atoms with Crippen molar-refractivity contribution in [2.24, 2.45) is 11.8 Å². The van der Waals surface area contributed by atoms with E-state index in [0.29, 0.717) is 0 Å². The van der Waals surface area contributed by atoms with Gasteiger partial charge in [-0.1, -0.05) is 45.3 Å². The van der Waals surface area contributed by atoms with E-state index in [1.807, 2.05) is 0 Å². The van der Waals surface area contributed by atoms with Gasteiger partial charge in [0.25, 0.3) is 0 Å². The first-order chi connectivity index (χ1) is 7.19. The zero-order valence-electron chi connectivity index (χ0n) is 10.9. The van der Waals surface area contributed by atoms with Crippen LogP contribution in [0.25, 0.3) is 0 Å². The molecule has 0 spiro atoms. The summed E-state index contributed by atoms with van der Waals surface area (Å²) in [5, 5.41) is 3.49. The second-order valence-corrected chi connectivity index (χ2v) is 5.22. The molecule has 2 atom stereocenters. The smallest absolute Gasteiger partial charge is 0.0167 e. The van der Waals surface area contributed by atoms with Gasteiger partial charge < -0.3 is 5.32 Å². The van der Waals surface area contributed by atoms with E-state index in [2.05, 4.69) is 33.0 Å². The van der Waals surface area contributed by atoms with Crippen molar-refractivity contribution in [3.8, 4) is 0 Å². The van der Waals surface area contributed by atoms with Gasteiger partial charge >= 0.3 is 0 Å². The first kappa shape index (κ1) is 12.8. The van der Waals surface area contributed by atoms with Crippen molar-refractivity contribution in [1.82, 2.24) is 5.32 Å². The number of hydrogen-bond donors (Lipinski definition) is 1. The molecular formula is C14H27N. The number of nitrogens with one attached hydrogen (secondary N) is 1. The predicted molar refractivity (Wildman–Crippen MR) is 68.0 cm³/mol. The first-order valence-electron chi connectivity index (χ1n) is 6.60.